The van der Waals surface area contributed by atoms with Crippen LogP contribution < -0.4 is 10.4 Å². The Morgan fingerprint density at radius 2 is 1.59 bits per heavy atom. The topological polar surface area (TPSA) is 69.2 Å². The van der Waals surface area contributed by atoms with Gasteiger partial charge in [0.2, 0.25) is 5.91 Å². The third-order valence-corrected chi connectivity index (χ3v) is 4.68. The number of anilines is 1. The third kappa shape index (κ3) is 3.38. The standard InChI is InChI=1S/C18H23NO3/c1-10-5-6-14(7-11(10)2)19-17(20)15-8-12(3)13(4)9-16(15)18(21)22/h5-7,15-16H,8-9H2,1-4H3,(H,19,20)(H,21,22)/p-1/t15-,16+/m1/s1. The zero-order chi connectivity index (χ0) is 16.4. The zero-order valence-corrected chi connectivity index (χ0v) is 13.5. The summed E-state index contributed by atoms with van der Waals surface area (Å²) in [6, 6.07) is 5.68. The Labute approximate surface area is 131 Å². The van der Waals surface area contributed by atoms with Crippen LogP contribution in [0.1, 0.15) is 37.8 Å². The highest BCUT2D eigenvalue weighted by atomic mass is 16.4. The molecule has 4 heteroatoms. The number of benzene rings is 1. The molecule has 0 unspecified atom stereocenters. The lowest BCUT2D eigenvalue weighted by Gasteiger charge is -2.32. The van der Waals surface area contributed by atoms with Crippen molar-refractivity contribution >= 4 is 17.6 Å². The van der Waals surface area contributed by atoms with Crippen LogP contribution in [0.2, 0.25) is 0 Å². The van der Waals surface area contributed by atoms with E-state index in [1.54, 1.807) is 0 Å². The molecule has 0 aromatic heterocycles. The highest BCUT2D eigenvalue weighted by Gasteiger charge is 2.33. The molecule has 0 aliphatic heterocycles. The lowest BCUT2D eigenvalue weighted by Crippen LogP contribution is -2.42. The summed E-state index contributed by atoms with van der Waals surface area (Å²) < 4.78 is 0. The SMILES string of the molecule is CC1=C(C)C[C@@H](C(=O)Nc2ccc(C)c(C)c2)[C@@H](C(=O)[O-])C1. The third-order valence-electron chi connectivity index (χ3n) is 4.68. The molecule has 1 aliphatic rings. The van der Waals surface area contributed by atoms with Crippen molar-refractivity contribution in [1.29, 1.82) is 0 Å². The molecule has 1 aromatic carbocycles. The van der Waals surface area contributed by atoms with Crippen molar-refractivity contribution in [3.05, 3.63) is 40.5 Å². The molecule has 0 fully saturated rings. The van der Waals surface area contributed by atoms with Crippen LogP contribution in [0.15, 0.2) is 29.3 Å². The fourth-order valence-electron chi connectivity index (χ4n) is 2.87. The highest BCUT2D eigenvalue weighted by Crippen LogP contribution is 2.34. The first-order chi connectivity index (χ1) is 10.3. The van der Waals surface area contributed by atoms with Crippen molar-refractivity contribution in [2.45, 2.75) is 40.5 Å². The van der Waals surface area contributed by atoms with E-state index in [4.69, 9.17) is 0 Å². The summed E-state index contributed by atoms with van der Waals surface area (Å²) in [7, 11) is 0. The summed E-state index contributed by atoms with van der Waals surface area (Å²) in [4.78, 5) is 23.9. The van der Waals surface area contributed by atoms with Gasteiger partial charge in [0.05, 0.1) is 5.92 Å². The van der Waals surface area contributed by atoms with Gasteiger partial charge in [0.25, 0.3) is 0 Å². The molecular weight excluding hydrogens is 278 g/mol. The Kier molecular flexibility index (Phi) is 4.69. The maximum Gasteiger partial charge on any atom is 0.228 e. The van der Waals surface area contributed by atoms with Gasteiger partial charge in [-0.05, 0) is 63.8 Å². The lowest BCUT2D eigenvalue weighted by molar-refractivity contribution is -0.313. The van der Waals surface area contributed by atoms with Crippen molar-refractivity contribution in [2.24, 2.45) is 11.8 Å². The van der Waals surface area contributed by atoms with Crippen molar-refractivity contribution in [1.82, 2.24) is 0 Å². The van der Waals surface area contributed by atoms with Crippen LogP contribution in [-0.2, 0) is 9.59 Å². The number of amides is 1. The summed E-state index contributed by atoms with van der Waals surface area (Å²) in [5.74, 6) is -2.72. The second kappa shape index (κ2) is 6.34. The van der Waals surface area contributed by atoms with E-state index in [0.717, 1.165) is 22.3 Å². The van der Waals surface area contributed by atoms with Gasteiger partial charge in [-0.2, -0.15) is 0 Å². The Hall–Kier alpha value is -2.10. The molecule has 1 N–H and O–H groups in total. The van der Waals surface area contributed by atoms with Crippen LogP contribution in [0.3, 0.4) is 0 Å². The predicted octanol–water partition coefficient (Wildman–Crippen LogP) is 2.35. The number of carboxylic acid groups (broad SMARTS) is 1. The van der Waals surface area contributed by atoms with Gasteiger partial charge < -0.3 is 15.2 Å². The van der Waals surface area contributed by atoms with Gasteiger partial charge in [-0.1, -0.05) is 17.2 Å². The summed E-state index contributed by atoms with van der Waals surface area (Å²) in [6.07, 6.45) is 0.861. The van der Waals surface area contributed by atoms with E-state index in [2.05, 4.69) is 5.32 Å². The van der Waals surface area contributed by atoms with Gasteiger partial charge in [-0.15, -0.1) is 0 Å². The monoisotopic (exact) mass is 300 g/mol. The molecule has 0 heterocycles. The molecule has 1 aliphatic carbocycles. The molecule has 0 spiro atoms. The van der Waals surface area contributed by atoms with E-state index in [-0.39, 0.29) is 5.91 Å². The summed E-state index contributed by atoms with van der Waals surface area (Å²) in [5, 5.41) is 14.2. The number of aliphatic carboxylic acids is 1. The highest BCUT2D eigenvalue weighted by molar-refractivity contribution is 5.95. The molecule has 4 nitrogen and oxygen atoms in total. The number of carboxylic acids is 1. The maximum absolute atomic E-state index is 12.5. The quantitative estimate of drug-likeness (QED) is 0.871. The smallest absolute Gasteiger partial charge is 0.228 e. The van der Waals surface area contributed by atoms with Crippen LogP contribution in [-0.4, -0.2) is 11.9 Å². The maximum atomic E-state index is 12.5. The Morgan fingerprint density at radius 3 is 2.14 bits per heavy atom. The minimum atomic E-state index is -1.15. The largest absolute Gasteiger partial charge is 0.550 e. The minimum Gasteiger partial charge on any atom is -0.550 e. The van der Waals surface area contributed by atoms with Crippen LogP contribution in [0, 0.1) is 25.7 Å². The molecular formula is C18H22NO3-. The number of hydrogen-bond acceptors (Lipinski definition) is 3. The molecule has 1 aromatic rings. The molecule has 0 saturated heterocycles. The normalized spacial score (nSPS) is 21.6. The molecule has 0 saturated carbocycles. The Balaban J connectivity index is 2.19. The second-order valence-electron chi connectivity index (χ2n) is 6.29. The first-order valence-electron chi connectivity index (χ1n) is 7.53. The number of aryl methyl sites for hydroxylation is 2. The number of carbonyl (C=O) groups is 2. The molecule has 22 heavy (non-hydrogen) atoms. The molecule has 0 bridgehead atoms. The second-order valence-corrected chi connectivity index (χ2v) is 6.29. The van der Waals surface area contributed by atoms with E-state index < -0.39 is 17.8 Å². The van der Waals surface area contributed by atoms with E-state index in [1.165, 1.54) is 0 Å². The van der Waals surface area contributed by atoms with E-state index in [1.807, 2.05) is 45.9 Å². The molecule has 2 rings (SSSR count). The summed E-state index contributed by atoms with van der Waals surface area (Å²) in [6.45, 7) is 7.86. The Morgan fingerprint density at radius 1 is 1.00 bits per heavy atom. The van der Waals surface area contributed by atoms with E-state index in [9.17, 15) is 14.7 Å². The average molecular weight is 300 g/mol. The van der Waals surface area contributed by atoms with Gasteiger partial charge in [0.1, 0.15) is 0 Å². The van der Waals surface area contributed by atoms with Crippen LogP contribution in [0.5, 0.6) is 0 Å². The van der Waals surface area contributed by atoms with Crippen LogP contribution in [0.25, 0.3) is 0 Å². The number of hydrogen-bond donors (Lipinski definition) is 1. The average Bonchev–Trinajstić information content (AvgIpc) is 2.45. The number of nitrogens with one attached hydrogen (secondary N) is 1. The fraction of sp³-hybridized carbons (Fsp3) is 0.444. The lowest BCUT2D eigenvalue weighted by atomic mass is 9.76. The molecule has 1 amide bonds. The van der Waals surface area contributed by atoms with Gasteiger partial charge in [-0.3, -0.25) is 4.79 Å². The van der Waals surface area contributed by atoms with Gasteiger partial charge >= 0.3 is 0 Å². The first-order valence-corrected chi connectivity index (χ1v) is 7.53. The van der Waals surface area contributed by atoms with Crippen LogP contribution >= 0.6 is 0 Å². The molecule has 0 radical (unpaired) electrons. The number of allylic oxidation sites excluding steroid dienone is 2. The summed E-state index contributed by atoms with van der Waals surface area (Å²) in [5.41, 5.74) is 5.08. The minimum absolute atomic E-state index is 0.246. The Bertz CT molecular complexity index is 646. The fourth-order valence-corrected chi connectivity index (χ4v) is 2.87. The van der Waals surface area contributed by atoms with Gasteiger partial charge in [0, 0.05) is 17.6 Å². The zero-order valence-electron chi connectivity index (χ0n) is 13.5. The van der Waals surface area contributed by atoms with Gasteiger partial charge in [-0.25, -0.2) is 0 Å². The summed E-state index contributed by atoms with van der Waals surface area (Å²) >= 11 is 0. The van der Waals surface area contributed by atoms with Crippen molar-refractivity contribution in [2.75, 3.05) is 5.32 Å². The van der Waals surface area contributed by atoms with Gasteiger partial charge in [0.15, 0.2) is 0 Å². The van der Waals surface area contributed by atoms with Crippen molar-refractivity contribution in [3.8, 4) is 0 Å². The molecule has 2 atom stereocenters. The van der Waals surface area contributed by atoms with E-state index in [0.29, 0.717) is 18.5 Å². The first kappa shape index (κ1) is 16.3. The van der Waals surface area contributed by atoms with E-state index >= 15 is 0 Å². The predicted molar refractivity (Wildman–Crippen MR) is 84.1 cm³/mol. The number of rotatable bonds is 3. The van der Waals surface area contributed by atoms with Crippen molar-refractivity contribution < 1.29 is 14.7 Å². The van der Waals surface area contributed by atoms with Crippen molar-refractivity contribution in [3.63, 3.8) is 0 Å². The van der Waals surface area contributed by atoms with Crippen LogP contribution in [0.4, 0.5) is 5.69 Å². The number of carbonyl (C=O) groups excluding carboxylic acids is 2. The molecule has 118 valence electrons.